The number of nitrogens with two attached hydrogens (primary N) is 1. The van der Waals surface area contributed by atoms with Gasteiger partial charge in [0.1, 0.15) is 11.6 Å². The van der Waals surface area contributed by atoms with E-state index in [-0.39, 0.29) is 25.0 Å². The monoisotopic (exact) mass is 330 g/mol. The summed E-state index contributed by atoms with van der Waals surface area (Å²) in [6, 6.07) is 8.18. The summed E-state index contributed by atoms with van der Waals surface area (Å²) in [5.41, 5.74) is 6.26. The fourth-order valence-corrected chi connectivity index (χ4v) is 1.83. The summed E-state index contributed by atoms with van der Waals surface area (Å²) < 4.78 is 0. The molecule has 0 aliphatic heterocycles. The molecule has 0 aliphatic carbocycles. The van der Waals surface area contributed by atoms with E-state index in [1.54, 1.807) is 24.3 Å². The Morgan fingerprint density at radius 1 is 1.42 bits per heavy atom. The van der Waals surface area contributed by atoms with Gasteiger partial charge in [0.25, 0.3) is 5.91 Å². The molecule has 1 rings (SSSR count). The minimum absolute atomic E-state index is 0.0885. The molecule has 0 fully saturated rings. The lowest BCUT2D eigenvalue weighted by Gasteiger charge is -2.17. The molecule has 0 spiro atoms. The average Bonchev–Trinajstić information content (AvgIpc) is 2.51. The van der Waals surface area contributed by atoms with E-state index in [0.29, 0.717) is 11.4 Å². The Morgan fingerprint density at radius 2 is 2.12 bits per heavy atom. The smallest absolute Gasteiger partial charge is 0.303 e. The summed E-state index contributed by atoms with van der Waals surface area (Å²) in [4.78, 5) is 35.3. The van der Waals surface area contributed by atoms with Crippen LogP contribution in [0.1, 0.15) is 19.8 Å². The molecular formula is C16H18N4O4. The van der Waals surface area contributed by atoms with Gasteiger partial charge < -0.3 is 16.2 Å². The highest BCUT2D eigenvalue weighted by atomic mass is 16.4. The number of carbonyl (C=O) groups excluding carboxylic acids is 2. The van der Waals surface area contributed by atoms with Gasteiger partial charge in [0, 0.05) is 31.8 Å². The Balaban J connectivity index is 2.90. The molecule has 8 nitrogen and oxygen atoms in total. The van der Waals surface area contributed by atoms with Crippen LogP contribution in [0.2, 0.25) is 0 Å². The first-order valence-electron chi connectivity index (χ1n) is 7.12. The predicted molar refractivity (Wildman–Crippen MR) is 87.6 cm³/mol. The Labute approximate surface area is 139 Å². The van der Waals surface area contributed by atoms with Crippen molar-refractivity contribution in [1.29, 1.82) is 5.26 Å². The van der Waals surface area contributed by atoms with Crippen molar-refractivity contribution >= 4 is 29.2 Å². The molecule has 0 bridgehead atoms. The van der Waals surface area contributed by atoms with Crippen LogP contribution in [0, 0.1) is 11.3 Å². The van der Waals surface area contributed by atoms with E-state index in [0.717, 1.165) is 11.1 Å². The molecule has 24 heavy (non-hydrogen) atoms. The van der Waals surface area contributed by atoms with Gasteiger partial charge in [-0.05, 0) is 24.6 Å². The second-order valence-corrected chi connectivity index (χ2v) is 4.89. The van der Waals surface area contributed by atoms with Gasteiger partial charge in [0.2, 0.25) is 5.91 Å². The summed E-state index contributed by atoms with van der Waals surface area (Å²) in [6.07, 6.45) is 1.28. The van der Waals surface area contributed by atoms with Crippen molar-refractivity contribution in [3.63, 3.8) is 0 Å². The lowest BCUT2D eigenvalue weighted by atomic mass is 10.2. The second-order valence-electron chi connectivity index (χ2n) is 4.89. The average molecular weight is 330 g/mol. The second kappa shape index (κ2) is 8.95. The van der Waals surface area contributed by atoms with Crippen LogP contribution in [0.5, 0.6) is 0 Å². The van der Waals surface area contributed by atoms with E-state index in [1.165, 1.54) is 13.0 Å². The van der Waals surface area contributed by atoms with E-state index in [1.807, 2.05) is 0 Å². The number of carboxylic acid groups (broad SMARTS) is 1. The van der Waals surface area contributed by atoms with Gasteiger partial charge >= 0.3 is 5.97 Å². The molecule has 0 atom stereocenters. The maximum atomic E-state index is 12.0. The SMILES string of the molecule is CC(=O)N(/C=C(/C#N)C(=O)NCCCC(=O)O)c1cccc(N)c1. The number of nitriles is 1. The summed E-state index contributed by atoms with van der Waals surface area (Å²) in [6.45, 7) is 1.40. The van der Waals surface area contributed by atoms with Gasteiger partial charge in [-0.3, -0.25) is 19.3 Å². The normalized spacial score (nSPS) is 10.6. The minimum atomic E-state index is -0.968. The third-order valence-electron chi connectivity index (χ3n) is 2.96. The molecule has 8 heteroatoms. The number of rotatable bonds is 7. The van der Waals surface area contributed by atoms with E-state index in [9.17, 15) is 14.4 Å². The first kappa shape index (κ1) is 18.7. The van der Waals surface area contributed by atoms with Crippen LogP contribution in [-0.2, 0) is 14.4 Å². The van der Waals surface area contributed by atoms with Crippen LogP contribution in [0.4, 0.5) is 11.4 Å². The molecule has 1 aromatic rings. The van der Waals surface area contributed by atoms with Crippen LogP contribution in [-0.4, -0.2) is 29.4 Å². The van der Waals surface area contributed by atoms with Crippen molar-refractivity contribution in [2.75, 3.05) is 17.2 Å². The van der Waals surface area contributed by atoms with Crippen molar-refractivity contribution in [1.82, 2.24) is 5.32 Å². The first-order chi connectivity index (χ1) is 11.3. The van der Waals surface area contributed by atoms with Gasteiger partial charge in [-0.15, -0.1) is 0 Å². The molecule has 0 heterocycles. The van der Waals surface area contributed by atoms with E-state index < -0.39 is 17.8 Å². The number of carboxylic acids is 1. The fraction of sp³-hybridized carbons (Fsp3) is 0.250. The number of hydrogen-bond donors (Lipinski definition) is 3. The minimum Gasteiger partial charge on any atom is -0.481 e. The van der Waals surface area contributed by atoms with Crippen molar-refractivity contribution in [2.45, 2.75) is 19.8 Å². The largest absolute Gasteiger partial charge is 0.481 e. The summed E-state index contributed by atoms with van der Waals surface area (Å²) in [5, 5.41) is 20.1. The zero-order valence-electron chi connectivity index (χ0n) is 13.2. The topological polar surface area (TPSA) is 137 Å². The molecule has 0 saturated heterocycles. The number of amides is 2. The molecule has 4 N–H and O–H groups in total. The number of nitrogen functional groups attached to an aromatic ring is 1. The molecule has 0 saturated carbocycles. The number of benzene rings is 1. The Bertz CT molecular complexity index is 706. The zero-order chi connectivity index (χ0) is 18.1. The number of nitrogens with one attached hydrogen (secondary N) is 1. The van der Waals surface area contributed by atoms with Crippen LogP contribution in [0.3, 0.4) is 0 Å². The number of carbonyl (C=O) groups is 3. The highest BCUT2D eigenvalue weighted by Gasteiger charge is 2.15. The van der Waals surface area contributed by atoms with E-state index in [4.69, 9.17) is 16.1 Å². The van der Waals surface area contributed by atoms with Crippen molar-refractivity contribution < 1.29 is 19.5 Å². The molecule has 0 unspecified atom stereocenters. The summed E-state index contributed by atoms with van der Waals surface area (Å²) >= 11 is 0. The van der Waals surface area contributed by atoms with Gasteiger partial charge in [-0.25, -0.2) is 0 Å². The van der Waals surface area contributed by atoms with E-state index >= 15 is 0 Å². The van der Waals surface area contributed by atoms with Crippen molar-refractivity contribution in [2.24, 2.45) is 0 Å². The van der Waals surface area contributed by atoms with Crippen LogP contribution < -0.4 is 16.0 Å². The standard InChI is InChI=1S/C16H18N4O4/c1-11(21)20(14-5-2-4-13(18)8-14)10-12(9-17)16(24)19-7-3-6-15(22)23/h2,4-5,8,10H,3,6-7,18H2,1H3,(H,19,24)(H,22,23)/b12-10-. The molecule has 1 aromatic carbocycles. The first-order valence-corrected chi connectivity index (χ1v) is 7.12. The van der Waals surface area contributed by atoms with Crippen LogP contribution in [0.15, 0.2) is 36.0 Å². The summed E-state index contributed by atoms with van der Waals surface area (Å²) in [5.74, 6) is -2.05. The molecule has 0 aliphatic rings. The Kier molecular flexibility index (Phi) is 6.97. The lowest BCUT2D eigenvalue weighted by Crippen LogP contribution is -2.29. The third-order valence-corrected chi connectivity index (χ3v) is 2.96. The number of hydrogen-bond acceptors (Lipinski definition) is 5. The highest BCUT2D eigenvalue weighted by molar-refractivity contribution is 6.01. The van der Waals surface area contributed by atoms with Gasteiger partial charge in [0.15, 0.2) is 0 Å². The maximum Gasteiger partial charge on any atom is 0.303 e. The van der Waals surface area contributed by atoms with Gasteiger partial charge in [0.05, 0.1) is 5.69 Å². The zero-order valence-corrected chi connectivity index (χ0v) is 13.2. The molecule has 2 amide bonds. The maximum absolute atomic E-state index is 12.0. The molecule has 126 valence electrons. The molecule has 0 aromatic heterocycles. The Hall–Kier alpha value is -3.34. The number of aliphatic carboxylic acids is 1. The van der Waals surface area contributed by atoms with E-state index in [2.05, 4.69) is 5.32 Å². The summed E-state index contributed by atoms with van der Waals surface area (Å²) in [7, 11) is 0. The third kappa shape index (κ3) is 5.81. The molecule has 0 radical (unpaired) electrons. The van der Waals surface area contributed by atoms with Gasteiger partial charge in [-0.1, -0.05) is 6.07 Å². The van der Waals surface area contributed by atoms with Crippen molar-refractivity contribution in [3.8, 4) is 6.07 Å². The van der Waals surface area contributed by atoms with Crippen LogP contribution >= 0.6 is 0 Å². The number of anilines is 2. The Morgan fingerprint density at radius 3 is 2.67 bits per heavy atom. The fourth-order valence-electron chi connectivity index (χ4n) is 1.83. The van der Waals surface area contributed by atoms with Crippen molar-refractivity contribution in [3.05, 3.63) is 36.0 Å². The highest BCUT2D eigenvalue weighted by Crippen LogP contribution is 2.19. The predicted octanol–water partition coefficient (Wildman–Crippen LogP) is 1.01. The van der Waals surface area contributed by atoms with Crippen LogP contribution in [0.25, 0.3) is 0 Å². The van der Waals surface area contributed by atoms with Gasteiger partial charge in [-0.2, -0.15) is 5.26 Å². The number of nitrogens with zero attached hydrogens (tertiary/aromatic N) is 2. The molecular weight excluding hydrogens is 312 g/mol. The lowest BCUT2D eigenvalue weighted by molar-refractivity contribution is -0.137. The quantitative estimate of drug-likeness (QED) is 0.295.